The summed E-state index contributed by atoms with van der Waals surface area (Å²) in [4.78, 5) is 4.01. The maximum absolute atomic E-state index is 9.00. The minimum Gasteiger partial charge on any atom is -0.378 e. The molecule has 1 aromatic rings. The molecule has 1 aromatic carbocycles. The molecule has 0 aromatic heterocycles. The van der Waals surface area contributed by atoms with Crippen molar-refractivity contribution in [1.82, 2.24) is 4.90 Å². The number of nitrogens with zero attached hydrogens (tertiary/aromatic N) is 3. The highest BCUT2D eigenvalue weighted by Crippen LogP contribution is 2.14. The molecule has 0 spiro atoms. The summed E-state index contributed by atoms with van der Waals surface area (Å²) in [5.74, 6) is 0. The minimum atomic E-state index is -0.0507. The molecule has 0 saturated carbocycles. The average molecular weight is 217 g/mol. The van der Waals surface area contributed by atoms with Gasteiger partial charge in [-0.15, -0.1) is 0 Å². The van der Waals surface area contributed by atoms with E-state index in [4.69, 9.17) is 5.26 Å². The molecule has 0 fully saturated rings. The third kappa shape index (κ3) is 3.25. The van der Waals surface area contributed by atoms with Gasteiger partial charge in [0, 0.05) is 26.2 Å². The van der Waals surface area contributed by atoms with Crippen molar-refractivity contribution in [3.8, 4) is 6.07 Å². The van der Waals surface area contributed by atoms with Gasteiger partial charge in [-0.3, -0.25) is 4.90 Å². The van der Waals surface area contributed by atoms with Gasteiger partial charge >= 0.3 is 0 Å². The predicted molar refractivity (Wildman–Crippen MR) is 67.6 cm³/mol. The van der Waals surface area contributed by atoms with Crippen LogP contribution >= 0.6 is 0 Å². The van der Waals surface area contributed by atoms with Gasteiger partial charge in [0.15, 0.2) is 0 Å². The summed E-state index contributed by atoms with van der Waals surface area (Å²) in [6, 6.07) is 10.6. The van der Waals surface area contributed by atoms with Gasteiger partial charge in [0.2, 0.25) is 0 Å². The van der Waals surface area contributed by atoms with Crippen LogP contribution in [0.2, 0.25) is 0 Å². The standard InChI is InChI=1S/C13H19N3/c1-15(2)12-7-5-11(6-8-12)9-13(10-14)16(3)4/h5-8,13H,9H2,1-4H3. The van der Waals surface area contributed by atoms with Gasteiger partial charge in [0.25, 0.3) is 0 Å². The molecule has 3 nitrogen and oxygen atoms in total. The molecule has 0 bridgehead atoms. The Morgan fingerprint density at radius 1 is 1.12 bits per heavy atom. The zero-order chi connectivity index (χ0) is 12.1. The maximum atomic E-state index is 9.00. The van der Waals surface area contributed by atoms with Gasteiger partial charge in [0.1, 0.15) is 6.04 Å². The highest BCUT2D eigenvalue weighted by Gasteiger charge is 2.10. The number of likely N-dealkylation sites (N-methyl/N-ethyl adjacent to an activating group) is 1. The van der Waals surface area contributed by atoms with E-state index in [1.54, 1.807) is 0 Å². The van der Waals surface area contributed by atoms with Crippen molar-refractivity contribution in [1.29, 1.82) is 5.26 Å². The fourth-order valence-corrected chi connectivity index (χ4v) is 1.50. The quantitative estimate of drug-likeness (QED) is 0.769. The second kappa shape index (κ2) is 5.53. The molecule has 1 rings (SSSR count). The van der Waals surface area contributed by atoms with Crippen molar-refractivity contribution in [2.75, 3.05) is 33.1 Å². The Balaban J connectivity index is 2.72. The Kier molecular flexibility index (Phi) is 4.33. The largest absolute Gasteiger partial charge is 0.378 e. The summed E-state index contributed by atoms with van der Waals surface area (Å²) >= 11 is 0. The van der Waals surface area contributed by atoms with E-state index in [2.05, 4.69) is 35.2 Å². The van der Waals surface area contributed by atoms with Crippen LogP contribution in [0.25, 0.3) is 0 Å². The Bertz CT molecular complexity index is 360. The van der Waals surface area contributed by atoms with Crippen molar-refractivity contribution in [3.05, 3.63) is 29.8 Å². The molecule has 0 aliphatic heterocycles. The van der Waals surface area contributed by atoms with Crippen molar-refractivity contribution in [3.63, 3.8) is 0 Å². The molecule has 1 atom stereocenters. The molecule has 0 heterocycles. The monoisotopic (exact) mass is 217 g/mol. The Labute approximate surface area is 97.9 Å². The summed E-state index contributed by atoms with van der Waals surface area (Å²) in [7, 11) is 7.91. The van der Waals surface area contributed by atoms with Crippen molar-refractivity contribution in [2.24, 2.45) is 0 Å². The highest BCUT2D eigenvalue weighted by atomic mass is 15.1. The highest BCUT2D eigenvalue weighted by molar-refractivity contribution is 5.46. The number of hydrogen-bond donors (Lipinski definition) is 0. The Morgan fingerprint density at radius 3 is 2.06 bits per heavy atom. The lowest BCUT2D eigenvalue weighted by Crippen LogP contribution is -2.28. The summed E-state index contributed by atoms with van der Waals surface area (Å²) in [6.07, 6.45) is 0.775. The maximum Gasteiger partial charge on any atom is 0.101 e. The smallest absolute Gasteiger partial charge is 0.101 e. The van der Waals surface area contributed by atoms with Crippen LogP contribution in [-0.4, -0.2) is 39.1 Å². The Morgan fingerprint density at radius 2 is 1.69 bits per heavy atom. The van der Waals surface area contributed by atoms with Crippen LogP contribution in [0.1, 0.15) is 5.56 Å². The molecule has 86 valence electrons. The van der Waals surface area contributed by atoms with Gasteiger partial charge in [0.05, 0.1) is 6.07 Å². The van der Waals surface area contributed by atoms with E-state index < -0.39 is 0 Å². The third-order valence-corrected chi connectivity index (χ3v) is 2.65. The molecule has 0 aliphatic rings. The number of benzene rings is 1. The van der Waals surface area contributed by atoms with Crippen molar-refractivity contribution < 1.29 is 0 Å². The van der Waals surface area contributed by atoms with Gasteiger partial charge in [-0.05, 0) is 31.8 Å². The number of nitriles is 1. The second-order valence-electron chi connectivity index (χ2n) is 4.37. The predicted octanol–water partition coefficient (Wildman–Crippen LogP) is 1.75. The summed E-state index contributed by atoms with van der Waals surface area (Å²) < 4.78 is 0. The van der Waals surface area contributed by atoms with E-state index in [0.717, 1.165) is 6.42 Å². The van der Waals surface area contributed by atoms with Crippen LogP contribution in [0.4, 0.5) is 5.69 Å². The van der Waals surface area contributed by atoms with Gasteiger partial charge in [-0.25, -0.2) is 0 Å². The third-order valence-electron chi connectivity index (χ3n) is 2.65. The molecule has 0 N–H and O–H groups in total. The van der Waals surface area contributed by atoms with E-state index in [0.29, 0.717) is 0 Å². The Hall–Kier alpha value is -1.53. The van der Waals surface area contributed by atoms with E-state index in [-0.39, 0.29) is 6.04 Å². The van der Waals surface area contributed by atoms with E-state index in [9.17, 15) is 0 Å². The van der Waals surface area contributed by atoms with E-state index in [1.807, 2.05) is 33.1 Å². The first-order valence-electron chi connectivity index (χ1n) is 5.37. The molecule has 0 aliphatic carbocycles. The van der Waals surface area contributed by atoms with Crippen LogP contribution in [0.15, 0.2) is 24.3 Å². The summed E-state index contributed by atoms with van der Waals surface area (Å²) in [5.41, 5.74) is 2.38. The normalized spacial score (nSPS) is 12.2. The van der Waals surface area contributed by atoms with Crippen molar-refractivity contribution in [2.45, 2.75) is 12.5 Å². The fourth-order valence-electron chi connectivity index (χ4n) is 1.50. The molecular formula is C13H19N3. The fraction of sp³-hybridized carbons (Fsp3) is 0.462. The number of anilines is 1. The zero-order valence-corrected chi connectivity index (χ0v) is 10.4. The zero-order valence-electron chi connectivity index (χ0n) is 10.4. The minimum absolute atomic E-state index is 0.0507. The topological polar surface area (TPSA) is 30.3 Å². The van der Waals surface area contributed by atoms with Crippen LogP contribution in [0.5, 0.6) is 0 Å². The van der Waals surface area contributed by atoms with Crippen LogP contribution < -0.4 is 4.90 Å². The van der Waals surface area contributed by atoms with E-state index in [1.165, 1.54) is 11.3 Å². The van der Waals surface area contributed by atoms with Crippen LogP contribution in [-0.2, 0) is 6.42 Å². The first kappa shape index (κ1) is 12.5. The molecule has 3 heteroatoms. The van der Waals surface area contributed by atoms with Crippen LogP contribution in [0.3, 0.4) is 0 Å². The molecule has 1 unspecified atom stereocenters. The average Bonchev–Trinajstić information content (AvgIpc) is 2.26. The SMILES string of the molecule is CN(C)c1ccc(CC(C#N)N(C)C)cc1. The molecule has 16 heavy (non-hydrogen) atoms. The first-order chi connectivity index (χ1) is 7.54. The second-order valence-corrected chi connectivity index (χ2v) is 4.37. The molecule has 0 saturated heterocycles. The van der Waals surface area contributed by atoms with Gasteiger partial charge in [-0.1, -0.05) is 12.1 Å². The van der Waals surface area contributed by atoms with Gasteiger partial charge in [-0.2, -0.15) is 5.26 Å². The number of rotatable bonds is 4. The van der Waals surface area contributed by atoms with Crippen molar-refractivity contribution >= 4 is 5.69 Å². The lowest BCUT2D eigenvalue weighted by molar-refractivity contribution is 0.348. The lowest BCUT2D eigenvalue weighted by Gasteiger charge is -2.18. The molecule has 0 radical (unpaired) electrons. The number of hydrogen-bond acceptors (Lipinski definition) is 3. The lowest BCUT2D eigenvalue weighted by atomic mass is 10.1. The van der Waals surface area contributed by atoms with E-state index >= 15 is 0 Å². The van der Waals surface area contributed by atoms with Gasteiger partial charge < -0.3 is 4.90 Å². The van der Waals surface area contributed by atoms with Crippen LogP contribution in [0, 0.1) is 11.3 Å². The summed E-state index contributed by atoms with van der Waals surface area (Å²) in [6.45, 7) is 0. The molecule has 0 amide bonds. The first-order valence-corrected chi connectivity index (χ1v) is 5.37. The summed E-state index contributed by atoms with van der Waals surface area (Å²) in [5, 5.41) is 9.00. The molecular weight excluding hydrogens is 198 g/mol.